The van der Waals surface area contributed by atoms with Gasteiger partial charge in [0.1, 0.15) is 36.6 Å². The van der Waals surface area contributed by atoms with Crippen LogP contribution in [-0.4, -0.2) is 75.2 Å². The number of para-hydroxylation sites is 1. The summed E-state index contributed by atoms with van der Waals surface area (Å²) in [4.78, 5) is 54.1. The van der Waals surface area contributed by atoms with Crippen molar-refractivity contribution < 1.29 is 37.8 Å². The summed E-state index contributed by atoms with van der Waals surface area (Å²) in [5.41, 5.74) is 0.582. The Hall–Kier alpha value is -4.68. The largest absolute Gasteiger partial charge is 0.491 e. The van der Waals surface area contributed by atoms with Crippen molar-refractivity contribution in [3.05, 3.63) is 94.3 Å². The Labute approximate surface area is 301 Å². The second kappa shape index (κ2) is 17.5. The Morgan fingerprint density at radius 2 is 1.69 bits per heavy atom. The lowest BCUT2D eigenvalue weighted by atomic mass is 9.74. The summed E-state index contributed by atoms with van der Waals surface area (Å²) in [7, 11) is 0. The van der Waals surface area contributed by atoms with Gasteiger partial charge in [0.15, 0.2) is 0 Å². The van der Waals surface area contributed by atoms with Gasteiger partial charge in [-0.05, 0) is 73.2 Å². The molecule has 4 N–H and O–H groups in total. The Bertz CT molecular complexity index is 1710. The van der Waals surface area contributed by atoms with Gasteiger partial charge in [-0.15, -0.1) is 0 Å². The van der Waals surface area contributed by atoms with Crippen LogP contribution in [-0.2, 0) is 19.7 Å². The third-order valence-electron chi connectivity index (χ3n) is 9.30. The van der Waals surface area contributed by atoms with Crippen LogP contribution in [0.3, 0.4) is 0 Å². The van der Waals surface area contributed by atoms with Crippen LogP contribution >= 0.6 is 11.6 Å². The van der Waals surface area contributed by atoms with Crippen molar-refractivity contribution in [3.63, 3.8) is 0 Å². The number of rotatable bonds is 5. The Morgan fingerprint density at radius 1 is 0.922 bits per heavy atom. The average Bonchev–Trinajstić information content (AvgIpc) is 3.12. The average molecular weight is 723 g/mol. The van der Waals surface area contributed by atoms with Crippen molar-refractivity contribution in [2.24, 2.45) is 5.92 Å². The zero-order valence-electron chi connectivity index (χ0n) is 28.8. The summed E-state index contributed by atoms with van der Waals surface area (Å²) in [5.74, 6) is -1.70. The van der Waals surface area contributed by atoms with E-state index in [1.165, 1.54) is 18.2 Å². The highest BCUT2D eigenvalue weighted by Crippen LogP contribution is 2.35. The van der Waals surface area contributed by atoms with Crippen LogP contribution in [0.2, 0.25) is 5.02 Å². The van der Waals surface area contributed by atoms with Crippen molar-refractivity contribution in [2.45, 2.75) is 57.0 Å². The zero-order valence-corrected chi connectivity index (χ0v) is 29.5. The first-order valence-electron chi connectivity index (χ1n) is 17.2. The van der Waals surface area contributed by atoms with E-state index in [0.717, 1.165) is 5.56 Å². The molecule has 0 spiro atoms. The van der Waals surface area contributed by atoms with Crippen LogP contribution < -0.4 is 30.7 Å². The molecule has 1 saturated heterocycles. The van der Waals surface area contributed by atoms with Gasteiger partial charge >= 0.3 is 0 Å². The predicted molar refractivity (Wildman–Crippen MR) is 190 cm³/mol. The van der Waals surface area contributed by atoms with Crippen molar-refractivity contribution in [1.29, 1.82) is 0 Å². The first-order valence-corrected chi connectivity index (χ1v) is 17.6. The third-order valence-corrected chi connectivity index (χ3v) is 9.54. The molecule has 2 aliphatic rings. The minimum atomic E-state index is -1.09. The minimum absolute atomic E-state index is 0.00602. The number of ether oxygens (including phenoxy) is 3. The summed E-state index contributed by atoms with van der Waals surface area (Å²) >= 11 is 6.20. The number of hydrogen-bond acceptors (Lipinski definition) is 7. The monoisotopic (exact) mass is 722 g/mol. The van der Waals surface area contributed by atoms with Gasteiger partial charge in [-0.1, -0.05) is 49.7 Å². The Morgan fingerprint density at radius 3 is 2.45 bits per heavy atom. The van der Waals surface area contributed by atoms with E-state index in [1.807, 2.05) is 19.9 Å². The maximum absolute atomic E-state index is 14.3. The molecule has 2 aliphatic heterocycles. The highest BCUT2D eigenvalue weighted by molar-refractivity contribution is 6.31. The quantitative estimate of drug-likeness (QED) is 0.302. The molecule has 0 aromatic heterocycles. The molecule has 272 valence electrons. The number of hydrogen-bond donors (Lipinski definition) is 4. The number of amides is 4. The van der Waals surface area contributed by atoms with Gasteiger partial charge in [-0.3, -0.25) is 19.2 Å². The first-order chi connectivity index (χ1) is 24.5. The van der Waals surface area contributed by atoms with Gasteiger partial charge in [0.2, 0.25) is 11.8 Å². The maximum Gasteiger partial charge on any atom is 0.255 e. The summed E-state index contributed by atoms with van der Waals surface area (Å²) in [6, 6.07) is 16.1. The highest BCUT2D eigenvalue weighted by Gasteiger charge is 2.36. The summed E-state index contributed by atoms with van der Waals surface area (Å²) < 4.78 is 31.8. The minimum Gasteiger partial charge on any atom is -0.491 e. The molecule has 0 aliphatic carbocycles. The predicted octanol–water partition coefficient (Wildman–Crippen LogP) is 4.56. The summed E-state index contributed by atoms with van der Waals surface area (Å²) in [6.07, 6.45) is 1.04. The number of halogens is 2. The molecule has 4 amide bonds. The van der Waals surface area contributed by atoms with Crippen LogP contribution in [0, 0.1) is 11.7 Å². The molecule has 3 aromatic rings. The van der Waals surface area contributed by atoms with Crippen molar-refractivity contribution in [1.82, 2.24) is 21.3 Å². The molecule has 0 saturated carbocycles. The molecule has 0 bridgehead atoms. The molecule has 51 heavy (non-hydrogen) atoms. The normalized spacial score (nSPS) is 20.4. The van der Waals surface area contributed by atoms with Crippen molar-refractivity contribution >= 4 is 35.2 Å². The van der Waals surface area contributed by atoms with E-state index in [0.29, 0.717) is 36.8 Å². The smallest absolute Gasteiger partial charge is 0.255 e. The molecule has 5 rings (SSSR count). The van der Waals surface area contributed by atoms with E-state index in [2.05, 4.69) is 21.3 Å². The number of carbonyl (C=O) groups excluding carboxylic acids is 4. The lowest BCUT2D eigenvalue weighted by Crippen LogP contribution is -2.52. The lowest BCUT2D eigenvalue weighted by Gasteiger charge is -2.38. The molecule has 0 unspecified atom stereocenters. The number of fused-ring (bicyclic) bond motifs is 2. The van der Waals surface area contributed by atoms with E-state index in [9.17, 15) is 23.6 Å². The van der Waals surface area contributed by atoms with Crippen molar-refractivity contribution in [3.8, 4) is 11.5 Å². The van der Waals surface area contributed by atoms with Crippen LogP contribution in [0.25, 0.3) is 0 Å². The van der Waals surface area contributed by atoms with Gasteiger partial charge in [-0.25, -0.2) is 4.39 Å². The zero-order chi connectivity index (χ0) is 36.4. The van der Waals surface area contributed by atoms with Gasteiger partial charge in [0.05, 0.1) is 23.7 Å². The Balaban J connectivity index is 1.39. The maximum atomic E-state index is 14.3. The standard InChI is InChI=1S/C38H44ClFN4O7/c1-24(2)31-22-51-33-12-10-26(39)21-29(33)35(46)41-16-19-50-32-9-4-3-8-28(32)36(47)44-30(11-13-34(45)43-31)37(48)42-23-38(14-17-49-18-15-38)25-6-5-7-27(40)20-25/h3-10,12,20-21,24,30-31H,11,13-19,22-23H2,1-2H3,(H,41,46)(H,42,48)(H,43,45)(H,44,47)/t30-,31-/m0/s1. The number of carbonyl (C=O) groups is 4. The number of nitrogens with one attached hydrogen (secondary N) is 4. The second-order valence-corrected chi connectivity index (χ2v) is 13.6. The molecule has 2 atom stereocenters. The summed E-state index contributed by atoms with van der Waals surface area (Å²) in [6.45, 7) is 5.15. The highest BCUT2D eigenvalue weighted by atomic mass is 35.5. The Kier molecular flexibility index (Phi) is 12.9. The third kappa shape index (κ3) is 9.98. The fourth-order valence-corrected chi connectivity index (χ4v) is 6.35. The summed E-state index contributed by atoms with van der Waals surface area (Å²) in [5, 5.41) is 11.9. The van der Waals surface area contributed by atoms with Crippen LogP contribution in [0.4, 0.5) is 4.39 Å². The molecule has 13 heteroatoms. The van der Waals surface area contributed by atoms with Gasteiger partial charge in [0, 0.05) is 36.6 Å². The van der Waals surface area contributed by atoms with Gasteiger partial charge in [0.25, 0.3) is 11.8 Å². The van der Waals surface area contributed by atoms with Crippen LogP contribution in [0.5, 0.6) is 11.5 Å². The lowest BCUT2D eigenvalue weighted by molar-refractivity contribution is -0.124. The van der Waals surface area contributed by atoms with Crippen LogP contribution in [0.15, 0.2) is 66.7 Å². The fourth-order valence-electron chi connectivity index (χ4n) is 6.17. The molecule has 11 nitrogen and oxygen atoms in total. The molecular weight excluding hydrogens is 679 g/mol. The van der Waals surface area contributed by atoms with E-state index in [-0.39, 0.29) is 73.7 Å². The molecule has 2 heterocycles. The SMILES string of the molecule is CC(C)[C@@H]1COc2ccc(Cl)cc2C(=O)NCCOc2ccccc2C(=O)N[C@H](C(=O)NCC2(c3cccc(F)c3)CCOCC2)CCC(=O)N1. The van der Waals surface area contributed by atoms with Crippen molar-refractivity contribution in [2.75, 3.05) is 39.5 Å². The molecular formula is C38H44ClFN4O7. The van der Waals surface area contributed by atoms with Gasteiger partial charge < -0.3 is 35.5 Å². The van der Waals surface area contributed by atoms with E-state index in [1.54, 1.807) is 42.5 Å². The molecule has 1 fully saturated rings. The molecule has 0 radical (unpaired) electrons. The van der Waals surface area contributed by atoms with E-state index >= 15 is 0 Å². The number of benzene rings is 3. The van der Waals surface area contributed by atoms with Gasteiger partial charge in [-0.2, -0.15) is 0 Å². The molecule has 3 aromatic carbocycles. The second-order valence-electron chi connectivity index (χ2n) is 13.2. The fraction of sp³-hybridized carbons (Fsp3) is 0.421. The van der Waals surface area contributed by atoms with E-state index < -0.39 is 35.2 Å². The topological polar surface area (TPSA) is 144 Å². The first kappa shape index (κ1) is 37.6. The van der Waals surface area contributed by atoms with Crippen LogP contribution in [0.1, 0.15) is 65.8 Å². The van der Waals surface area contributed by atoms with E-state index in [4.69, 9.17) is 25.8 Å².